The summed E-state index contributed by atoms with van der Waals surface area (Å²) >= 11 is 0. The van der Waals surface area contributed by atoms with Crippen molar-refractivity contribution in [2.75, 3.05) is 13.1 Å². The molecule has 2 rings (SSSR count). The largest absolute Gasteiger partial charge is 0.504 e. The van der Waals surface area contributed by atoms with Gasteiger partial charge in [-0.3, -0.25) is 0 Å². The van der Waals surface area contributed by atoms with E-state index in [4.69, 9.17) is 4.74 Å². The molecule has 0 unspecified atom stereocenters. The zero-order valence-corrected chi connectivity index (χ0v) is 9.92. The molecule has 3 heteroatoms. The molecule has 0 radical (unpaired) electrons. The summed E-state index contributed by atoms with van der Waals surface area (Å²) < 4.78 is 5.94. The van der Waals surface area contributed by atoms with E-state index in [0.29, 0.717) is 5.75 Å². The zero-order valence-electron chi connectivity index (χ0n) is 9.92. The van der Waals surface area contributed by atoms with Crippen LogP contribution in [0.1, 0.15) is 25.3 Å². The molecule has 16 heavy (non-hydrogen) atoms. The van der Waals surface area contributed by atoms with E-state index >= 15 is 0 Å². The number of ether oxygens (including phenoxy) is 1. The molecule has 1 aliphatic rings. The maximum atomic E-state index is 9.80. The summed E-state index contributed by atoms with van der Waals surface area (Å²) in [6.07, 6.45) is 1.95. The van der Waals surface area contributed by atoms with Crippen molar-refractivity contribution in [3.8, 4) is 11.5 Å². The highest BCUT2D eigenvalue weighted by Crippen LogP contribution is 2.32. The SMILES string of the molecule is Cc1ccc(OC2(C)CCNCC2)c(O)c1. The average molecular weight is 221 g/mol. The van der Waals surface area contributed by atoms with Crippen molar-refractivity contribution in [3.05, 3.63) is 23.8 Å². The van der Waals surface area contributed by atoms with Gasteiger partial charge in [0.25, 0.3) is 0 Å². The van der Waals surface area contributed by atoms with Crippen LogP contribution >= 0.6 is 0 Å². The Labute approximate surface area is 96.4 Å². The van der Waals surface area contributed by atoms with Crippen LogP contribution in [0.15, 0.2) is 18.2 Å². The molecule has 0 saturated carbocycles. The van der Waals surface area contributed by atoms with Crippen LogP contribution in [0, 0.1) is 6.92 Å². The minimum absolute atomic E-state index is 0.155. The molecule has 3 nitrogen and oxygen atoms in total. The van der Waals surface area contributed by atoms with E-state index in [1.54, 1.807) is 6.07 Å². The summed E-state index contributed by atoms with van der Waals surface area (Å²) in [6.45, 7) is 6.01. The van der Waals surface area contributed by atoms with Gasteiger partial charge in [0.15, 0.2) is 11.5 Å². The van der Waals surface area contributed by atoms with Crippen molar-refractivity contribution >= 4 is 0 Å². The third kappa shape index (κ3) is 2.47. The zero-order chi connectivity index (χ0) is 11.6. The lowest BCUT2D eigenvalue weighted by Gasteiger charge is -2.34. The lowest BCUT2D eigenvalue weighted by Crippen LogP contribution is -2.43. The van der Waals surface area contributed by atoms with Crippen LogP contribution in [-0.2, 0) is 0 Å². The quantitative estimate of drug-likeness (QED) is 0.804. The van der Waals surface area contributed by atoms with E-state index < -0.39 is 0 Å². The Morgan fingerprint density at radius 1 is 1.31 bits per heavy atom. The number of phenols is 1. The predicted octanol–water partition coefficient (Wildman–Crippen LogP) is 2.22. The molecule has 2 N–H and O–H groups in total. The van der Waals surface area contributed by atoms with Crippen molar-refractivity contribution in [2.24, 2.45) is 0 Å². The molecule has 1 aliphatic heterocycles. The maximum absolute atomic E-state index is 9.80. The number of aryl methyl sites for hydroxylation is 1. The summed E-state index contributed by atoms with van der Waals surface area (Å²) in [5.41, 5.74) is 0.887. The Kier molecular flexibility index (Phi) is 3.06. The molecule has 0 atom stereocenters. The molecule has 0 aromatic heterocycles. The van der Waals surface area contributed by atoms with Crippen molar-refractivity contribution in [3.63, 3.8) is 0 Å². The predicted molar refractivity (Wildman–Crippen MR) is 64.0 cm³/mol. The van der Waals surface area contributed by atoms with E-state index in [9.17, 15) is 5.11 Å². The molecule has 0 amide bonds. The van der Waals surface area contributed by atoms with Crippen LogP contribution in [0.4, 0.5) is 0 Å². The number of aromatic hydroxyl groups is 1. The van der Waals surface area contributed by atoms with E-state index in [2.05, 4.69) is 12.2 Å². The van der Waals surface area contributed by atoms with Crippen molar-refractivity contribution in [1.82, 2.24) is 5.32 Å². The van der Waals surface area contributed by atoms with Crippen LogP contribution in [0.5, 0.6) is 11.5 Å². The Morgan fingerprint density at radius 2 is 2.00 bits per heavy atom. The second-order valence-electron chi connectivity index (χ2n) is 4.77. The lowest BCUT2D eigenvalue weighted by molar-refractivity contribution is 0.0527. The van der Waals surface area contributed by atoms with Crippen LogP contribution in [0.3, 0.4) is 0 Å². The van der Waals surface area contributed by atoms with Crippen LogP contribution in [0.2, 0.25) is 0 Å². The van der Waals surface area contributed by atoms with Gasteiger partial charge in [-0.1, -0.05) is 6.07 Å². The van der Waals surface area contributed by atoms with Crippen molar-refractivity contribution in [1.29, 1.82) is 0 Å². The first-order valence-corrected chi connectivity index (χ1v) is 5.78. The fourth-order valence-corrected chi connectivity index (χ4v) is 2.04. The Morgan fingerprint density at radius 3 is 2.62 bits per heavy atom. The summed E-state index contributed by atoms with van der Waals surface area (Å²) in [4.78, 5) is 0. The van der Waals surface area contributed by atoms with Gasteiger partial charge in [-0.2, -0.15) is 0 Å². The number of benzene rings is 1. The lowest BCUT2D eigenvalue weighted by atomic mass is 9.94. The van der Waals surface area contributed by atoms with E-state index in [1.165, 1.54) is 0 Å². The Hall–Kier alpha value is -1.22. The molecule has 0 spiro atoms. The first-order chi connectivity index (χ1) is 7.59. The minimum atomic E-state index is -0.155. The number of rotatable bonds is 2. The van der Waals surface area contributed by atoms with Gasteiger partial charge in [-0.05, 0) is 57.5 Å². The van der Waals surface area contributed by atoms with Gasteiger partial charge >= 0.3 is 0 Å². The molecule has 0 aliphatic carbocycles. The van der Waals surface area contributed by atoms with E-state index in [-0.39, 0.29) is 11.4 Å². The van der Waals surface area contributed by atoms with Gasteiger partial charge in [0.1, 0.15) is 5.60 Å². The van der Waals surface area contributed by atoms with Gasteiger partial charge in [0.05, 0.1) is 0 Å². The van der Waals surface area contributed by atoms with Gasteiger partial charge in [-0.15, -0.1) is 0 Å². The molecule has 1 fully saturated rings. The number of hydrogen-bond donors (Lipinski definition) is 2. The van der Waals surface area contributed by atoms with Gasteiger partial charge in [0, 0.05) is 0 Å². The van der Waals surface area contributed by atoms with Crippen molar-refractivity contribution < 1.29 is 9.84 Å². The van der Waals surface area contributed by atoms with Crippen molar-refractivity contribution in [2.45, 2.75) is 32.3 Å². The monoisotopic (exact) mass is 221 g/mol. The first kappa shape index (κ1) is 11.3. The summed E-state index contributed by atoms with van der Waals surface area (Å²) in [7, 11) is 0. The molecule has 0 bridgehead atoms. The number of nitrogens with one attached hydrogen (secondary N) is 1. The first-order valence-electron chi connectivity index (χ1n) is 5.78. The molecule has 1 heterocycles. The topological polar surface area (TPSA) is 41.5 Å². The highest BCUT2D eigenvalue weighted by molar-refractivity contribution is 5.41. The molecule has 1 aromatic carbocycles. The molecule has 88 valence electrons. The Bertz CT molecular complexity index is 370. The molecular formula is C13H19NO2. The summed E-state index contributed by atoms with van der Waals surface area (Å²) in [6, 6.07) is 5.54. The summed E-state index contributed by atoms with van der Waals surface area (Å²) in [5.74, 6) is 0.828. The fourth-order valence-electron chi connectivity index (χ4n) is 2.04. The van der Waals surface area contributed by atoms with Gasteiger partial charge in [0.2, 0.25) is 0 Å². The molecule has 1 saturated heterocycles. The van der Waals surface area contributed by atoms with Gasteiger partial charge in [-0.25, -0.2) is 0 Å². The van der Waals surface area contributed by atoms with E-state index in [0.717, 1.165) is 31.5 Å². The smallest absolute Gasteiger partial charge is 0.161 e. The van der Waals surface area contributed by atoms with Gasteiger partial charge < -0.3 is 15.2 Å². The second-order valence-corrected chi connectivity index (χ2v) is 4.77. The third-order valence-corrected chi connectivity index (χ3v) is 3.13. The highest BCUT2D eigenvalue weighted by Gasteiger charge is 2.29. The van der Waals surface area contributed by atoms with Crippen LogP contribution < -0.4 is 10.1 Å². The number of phenolic OH excluding ortho intramolecular Hbond substituents is 1. The van der Waals surface area contributed by atoms with Crippen LogP contribution in [-0.4, -0.2) is 23.8 Å². The minimum Gasteiger partial charge on any atom is -0.504 e. The molecule has 1 aromatic rings. The Balaban J connectivity index is 2.13. The van der Waals surface area contributed by atoms with Crippen LogP contribution in [0.25, 0.3) is 0 Å². The second kappa shape index (κ2) is 4.34. The number of hydrogen-bond acceptors (Lipinski definition) is 3. The summed E-state index contributed by atoms with van der Waals surface area (Å²) in [5, 5.41) is 13.1. The fraction of sp³-hybridized carbons (Fsp3) is 0.538. The molecular weight excluding hydrogens is 202 g/mol. The maximum Gasteiger partial charge on any atom is 0.161 e. The standard InChI is InChI=1S/C13H19NO2/c1-10-3-4-12(11(15)9-10)16-13(2)5-7-14-8-6-13/h3-4,9,14-15H,5-8H2,1-2H3. The van der Waals surface area contributed by atoms with E-state index in [1.807, 2.05) is 19.1 Å². The average Bonchev–Trinajstić information content (AvgIpc) is 2.23. The normalized spacial score (nSPS) is 19.4. The number of piperidine rings is 1. The highest BCUT2D eigenvalue weighted by atomic mass is 16.5. The third-order valence-electron chi connectivity index (χ3n) is 3.13.